The molecule has 1 N–H and O–H groups in total. The van der Waals surface area contributed by atoms with E-state index in [4.69, 9.17) is 4.55 Å². The predicted molar refractivity (Wildman–Crippen MR) is 69.3 cm³/mol. The van der Waals surface area contributed by atoms with Crippen molar-refractivity contribution in [3.8, 4) is 5.13 Å². The van der Waals surface area contributed by atoms with E-state index in [2.05, 4.69) is 15.3 Å². The fourth-order valence-electron chi connectivity index (χ4n) is 1.76. The van der Waals surface area contributed by atoms with Crippen molar-refractivity contribution < 1.29 is 26.1 Å². The molecule has 1 aromatic carbocycles. The van der Waals surface area contributed by atoms with Crippen LogP contribution in [0.4, 0.5) is 13.2 Å². The summed E-state index contributed by atoms with van der Waals surface area (Å²) in [7, 11) is -4.64. The highest BCUT2D eigenvalue weighted by molar-refractivity contribution is 7.85. The molecule has 2 heterocycles. The molecule has 0 amide bonds. The Hall–Kier alpha value is -2.05. The highest BCUT2D eigenvalue weighted by atomic mass is 32.2. The standard InChI is InChI=1S/C10H5F3N4O3S2/c11-6-1-4(22(18,19)20)2-7-5(6)3-14-17(7)10-16-15-9(21-10)8(12)13/h1-3,8H,(H,18,19,20). The van der Waals surface area contributed by atoms with Gasteiger partial charge in [-0.2, -0.15) is 13.5 Å². The van der Waals surface area contributed by atoms with Gasteiger partial charge in [-0.25, -0.2) is 17.9 Å². The molecule has 3 rings (SSSR count). The summed E-state index contributed by atoms with van der Waals surface area (Å²) in [5, 5.41) is 9.87. The number of halogens is 3. The number of alkyl halides is 2. The van der Waals surface area contributed by atoms with Crippen LogP contribution >= 0.6 is 11.3 Å². The smallest absolute Gasteiger partial charge is 0.282 e. The van der Waals surface area contributed by atoms with Crippen molar-refractivity contribution in [2.24, 2.45) is 0 Å². The minimum absolute atomic E-state index is 0.0513. The van der Waals surface area contributed by atoms with Crippen molar-refractivity contribution in [1.29, 1.82) is 0 Å². The Labute approximate surface area is 124 Å². The van der Waals surface area contributed by atoms with Crippen LogP contribution in [-0.2, 0) is 10.1 Å². The first-order valence-electron chi connectivity index (χ1n) is 5.54. The lowest BCUT2D eigenvalue weighted by atomic mass is 10.2. The van der Waals surface area contributed by atoms with E-state index in [-0.39, 0.29) is 16.0 Å². The Kier molecular flexibility index (Phi) is 3.38. The largest absolute Gasteiger partial charge is 0.294 e. The lowest BCUT2D eigenvalue weighted by Crippen LogP contribution is -2.01. The molecule has 3 aromatic rings. The first-order chi connectivity index (χ1) is 10.3. The van der Waals surface area contributed by atoms with E-state index in [9.17, 15) is 21.6 Å². The molecule has 0 radical (unpaired) electrons. The third-order valence-corrected chi connectivity index (χ3v) is 4.44. The number of nitrogens with zero attached hydrogens (tertiary/aromatic N) is 4. The van der Waals surface area contributed by atoms with Gasteiger partial charge in [-0.1, -0.05) is 11.3 Å². The first kappa shape index (κ1) is 14.9. The highest BCUT2D eigenvalue weighted by Gasteiger charge is 2.20. The van der Waals surface area contributed by atoms with Crippen molar-refractivity contribution in [2.45, 2.75) is 11.3 Å². The second-order valence-electron chi connectivity index (χ2n) is 4.09. The monoisotopic (exact) mass is 350 g/mol. The van der Waals surface area contributed by atoms with Gasteiger partial charge in [-0.3, -0.25) is 4.55 Å². The summed E-state index contributed by atoms with van der Waals surface area (Å²) in [6.45, 7) is 0. The molecule has 0 atom stereocenters. The van der Waals surface area contributed by atoms with Crippen LogP contribution < -0.4 is 0 Å². The maximum atomic E-state index is 13.9. The quantitative estimate of drug-likeness (QED) is 0.727. The maximum absolute atomic E-state index is 13.9. The lowest BCUT2D eigenvalue weighted by Gasteiger charge is -2.01. The summed E-state index contributed by atoms with van der Waals surface area (Å²) in [5.74, 6) is -0.935. The Balaban J connectivity index is 2.24. The van der Waals surface area contributed by atoms with Crippen LogP contribution in [0.5, 0.6) is 0 Å². The van der Waals surface area contributed by atoms with Crippen molar-refractivity contribution in [3.63, 3.8) is 0 Å². The topological polar surface area (TPSA) is 98.0 Å². The molecular weight excluding hydrogens is 345 g/mol. The fraction of sp³-hybridized carbons (Fsp3) is 0.100. The zero-order valence-corrected chi connectivity index (χ0v) is 11.9. The van der Waals surface area contributed by atoms with Crippen LogP contribution in [0, 0.1) is 5.82 Å². The predicted octanol–water partition coefficient (Wildman–Crippen LogP) is 2.20. The Morgan fingerprint density at radius 2 is 2.00 bits per heavy atom. The van der Waals surface area contributed by atoms with Crippen LogP contribution in [-0.4, -0.2) is 32.9 Å². The van der Waals surface area contributed by atoms with Crippen LogP contribution in [0.25, 0.3) is 16.0 Å². The molecule has 12 heteroatoms. The molecule has 0 fully saturated rings. The number of hydrogen-bond acceptors (Lipinski definition) is 6. The van der Waals surface area contributed by atoms with Crippen molar-refractivity contribution >= 4 is 32.4 Å². The van der Waals surface area contributed by atoms with E-state index in [0.717, 1.165) is 16.9 Å². The number of benzene rings is 1. The molecule has 0 saturated heterocycles. The van der Waals surface area contributed by atoms with E-state index < -0.39 is 32.3 Å². The average molecular weight is 350 g/mol. The minimum atomic E-state index is -4.64. The molecule has 0 saturated carbocycles. The molecule has 2 aromatic heterocycles. The first-order valence-corrected chi connectivity index (χ1v) is 7.79. The van der Waals surface area contributed by atoms with E-state index in [1.807, 2.05) is 0 Å². The van der Waals surface area contributed by atoms with Gasteiger partial charge in [-0.05, 0) is 12.1 Å². The van der Waals surface area contributed by atoms with Gasteiger partial charge in [0, 0.05) is 0 Å². The molecule has 0 bridgehead atoms. The van der Waals surface area contributed by atoms with E-state index in [1.54, 1.807) is 0 Å². The summed E-state index contributed by atoms with van der Waals surface area (Å²) in [6.07, 6.45) is -1.74. The average Bonchev–Trinajstić information content (AvgIpc) is 3.03. The molecule has 7 nitrogen and oxygen atoms in total. The summed E-state index contributed by atoms with van der Waals surface area (Å²) in [6, 6.07) is 1.60. The number of aromatic nitrogens is 4. The summed E-state index contributed by atoms with van der Waals surface area (Å²) in [4.78, 5) is -0.683. The zero-order chi connectivity index (χ0) is 16.1. The van der Waals surface area contributed by atoms with Gasteiger partial charge >= 0.3 is 0 Å². The lowest BCUT2D eigenvalue weighted by molar-refractivity contribution is 0.150. The van der Waals surface area contributed by atoms with Gasteiger partial charge < -0.3 is 0 Å². The van der Waals surface area contributed by atoms with Gasteiger partial charge in [0.2, 0.25) is 5.13 Å². The molecule has 0 aliphatic rings. The van der Waals surface area contributed by atoms with Crippen LogP contribution in [0.2, 0.25) is 0 Å². The zero-order valence-electron chi connectivity index (χ0n) is 10.3. The van der Waals surface area contributed by atoms with Crippen LogP contribution in [0.3, 0.4) is 0 Å². The van der Waals surface area contributed by atoms with Gasteiger partial charge in [0.1, 0.15) is 5.82 Å². The molecule has 116 valence electrons. The van der Waals surface area contributed by atoms with E-state index in [1.165, 1.54) is 0 Å². The molecule has 0 aliphatic heterocycles. The molecule has 0 aliphatic carbocycles. The van der Waals surface area contributed by atoms with Gasteiger partial charge in [0.15, 0.2) is 5.01 Å². The summed E-state index contributed by atoms with van der Waals surface area (Å²) >= 11 is 0.527. The second kappa shape index (κ2) is 5.00. The Morgan fingerprint density at radius 1 is 1.27 bits per heavy atom. The normalized spacial score (nSPS) is 12.4. The minimum Gasteiger partial charge on any atom is -0.282 e. The SMILES string of the molecule is O=S(=O)(O)c1cc(F)c2cnn(-c3nnc(C(F)F)s3)c2c1. The number of rotatable bonds is 3. The van der Waals surface area contributed by atoms with E-state index >= 15 is 0 Å². The molecule has 22 heavy (non-hydrogen) atoms. The third-order valence-electron chi connectivity index (χ3n) is 2.71. The van der Waals surface area contributed by atoms with Crippen LogP contribution in [0.15, 0.2) is 23.2 Å². The van der Waals surface area contributed by atoms with E-state index in [0.29, 0.717) is 17.4 Å². The third kappa shape index (κ3) is 2.44. The number of fused-ring (bicyclic) bond motifs is 1. The number of hydrogen-bond donors (Lipinski definition) is 1. The Morgan fingerprint density at radius 3 is 2.59 bits per heavy atom. The van der Waals surface area contributed by atoms with Gasteiger partial charge in [0.05, 0.1) is 22.0 Å². The molecule has 0 unspecified atom stereocenters. The fourth-order valence-corrected chi connectivity index (χ4v) is 2.95. The molecular formula is C10H5F3N4O3S2. The van der Waals surface area contributed by atoms with Gasteiger partial charge in [-0.15, -0.1) is 10.2 Å². The Bertz CT molecular complexity index is 967. The maximum Gasteiger partial charge on any atom is 0.294 e. The highest BCUT2D eigenvalue weighted by Crippen LogP contribution is 2.28. The van der Waals surface area contributed by atoms with Crippen molar-refractivity contribution in [2.75, 3.05) is 0 Å². The van der Waals surface area contributed by atoms with Crippen molar-refractivity contribution in [1.82, 2.24) is 20.0 Å². The van der Waals surface area contributed by atoms with Gasteiger partial charge in [0.25, 0.3) is 16.5 Å². The summed E-state index contributed by atoms with van der Waals surface area (Å²) in [5.41, 5.74) is -0.0513. The van der Waals surface area contributed by atoms with Crippen molar-refractivity contribution in [3.05, 3.63) is 29.2 Å². The summed E-state index contributed by atoms with van der Waals surface area (Å²) < 4.78 is 71.1. The molecule has 0 spiro atoms. The van der Waals surface area contributed by atoms with Crippen LogP contribution in [0.1, 0.15) is 11.4 Å². The second-order valence-corrected chi connectivity index (χ2v) is 6.50.